The van der Waals surface area contributed by atoms with Crippen molar-refractivity contribution < 1.29 is 13.9 Å². The smallest absolute Gasteiger partial charge is 0.412 e. The Morgan fingerprint density at radius 1 is 1.35 bits per heavy atom. The number of benzene rings is 1. The molecule has 0 aliphatic rings. The van der Waals surface area contributed by atoms with Crippen molar-refractivity contribution in [3.63, 3.8) is 0 Å². The predicted octanol–water partition coefficient (Wildman–Crippen LogP) is 3.39. The van der Waals surface area contributed by atoms with Gasteiger partial charge in [-0.2, -0.15) is 0 Å². The van der Waals surface area contributed by atoms with Crippen LogP contribution in [-0.4, -0.2) is 21.9 Å². The van der Waals surface area contributed by atoms with Crippen molar-refractivity contribution in [2.45, 2.75) is 33.3 Å². The van der Waals surface area contributed by atoms with Crippen LogP contribution >= 0.6 is 0 Å². The molecule has 0 unspecified atom stereocenters. The average Bonchev–Trinajstić information content (AvgIpc) is 2.82. The lowest BCUT2D eigenvalue weighted by atomic mass is 10.1. The number of hydrogen-bond acceptors (Lipinski definition) is 5. The first-order chi connectivity index (χ1) is 9.35. The fourth-order valence-corrected chi connectivity index (χ4v) is 1.65. The lowest BCUT2D eigenvalue weighted by molar-refractivity contribution is 0.0636. The molecule has 0 bridgehead atoms. The van der Waals surface area contributed by atoms with Crippen LogP contribution < -0.4 is 5.32 Å². The summed E-state index contributed by atoms with van der Waals surface area (Å²) in [6, 6.07) is 5.44. The predicted molar refractivity (Wildman–Crippen MR) is 74.3 cm³/mol. The maximum absolute atomic E-state index is 11.7. The van der Waals surface area contributed by atoms with Gasteiger partial charge < -0.3 is 9.15 Å². The van der Waals surface area contributed by atoms with Gasteiger partial charge in [0.1, 0.15) is 5.60 Å². The van der Waals surface area contributed by atoms with Crippen molar-refractivity contribution in [1.82, 2.24) is 10.2 Å². The second kappa shape index (κ2) is 5.32. The fraction of sp³-hybridized carbons (Fsp3) is 0.357. The third kappa shape index (κ3) is 3.57. The molecule has 6 nitrogen and oxygen atoms in total. The number of nitrogens with one attached hydrogen (secondary N) is 1. The Morgan fingerprint density at radius 2 is 2.10 bits per heavy atom. The second-order valence-electron chi connectivity index (χ2n) is 5.40. The van der Waals surface area contributed by atoms with Crippen molar-refractivity contribution in [3.8, 4) is 11.5 Å². The molecule has 6 heteroatoms. The van der Waals surface area contributed by atoms with Gasteiger partial charge >= 0.3 is 6.09 Å². The van der Waals surface area contributed by atoms with Gasteiger partial charge in [-0.1, -0.05) is 0 Å². The first-order valence-corrected chi connectivity index (χ1v) is 6.22. The average molecular weight is 275 g/mol. The van der Waals surface area contributed by atoms with Crippen LogP contribution in [0.25, 0.3) is 11.5 Å². The van der Waals surface area contributed by atoms with Crippen LogP contribution in [0.2, 0.25) is 0 Å². The minimum absolute atomic E-state index is 0.442. The Kier molecular flexibility index (Phi) is 3.74. The molecule has 0 saturated carbocycles. The van der Waals surface area contributed by atoms with Crippen LogP contribution in [0.3, 0.4) is 0 Å². The molecule has 1 heterocycles. The summed E-state index contributed by atoms with van der Waals surface area (Å²) in [5, 5.41) is 10.2. The Balaban J connectivity index is 2.13. The topological polar surface area (TPSA) is 77.3 Å². The summed E-state index contributed by atoms with van der Waals surface area (Å²) in [7, 11) is 0. The Morgan fingerprint density at radius 3 is 2.65 bits per heavy atom. The molecule has 0 aliphatic heterocycles. The number of hydrogen-bond donors (Lipinski definition) is 1. The number of carbonyl (C=O) groups excluding carboxylic acids is 1. The Labute approximate surface area is 117 Å². The van der Waals surface area contributed by atoms with E-state index in [-0.39, 0.29) is 0 Å². The van der Waals surface area contributed by atoms with E-state index in [1.807, 2.05) is 33.8 Å². The van der Waals surface area contributed by atoms with Crippen molar-refractivity contribution >= 4 is 11.8 Å². The van der Waals surface area contributed by atoms with Crippen LogP contribution in [-0.2, 0) is 4.74 Å². The highest BCUT2D eigenvalue weighted by Crippen LogP contribution is 2.23. The maximum Gasteiger partial charge on any atom is 0.412 e. The van der Waals surface area contributed by atoms with Crippen molar-refractivity contribution in [2.75, 3.05) is 5.32 Å². The van der Waals surface area contributed by atoms with Gasteiger partial charge in [-0.25, -0.2) is 4.79 Å². The molecule has 1 N–H and O–H groups in total. The van der Waals surface area contributed by atoms with Crippen LogP contribution in [0.5, 0.6) is 0 Å². The van der Waals surface area contributed by atoms with Gasteiger partial charge in [0.2, 0.25) is 12.3 Å². The zero-order valence-electron chi connectivity index (χ0n) is 11.9. The Bertz CT molecular complexity index is 601. The van der Waals surface area contributed by atoms with Crippen LogP contribution in [0.1, 0.15) is 26.3 Å². The number of anilines is 1. The van der Waals surface area contributed by atoms with Gasteiger partial charge in [-0.3, -0.25) is 5.32 Å². The standard InChI is InChI=1S/C14H17N3O3/c1-9-7-10(12-17-15-8-19-12)5-6-11(9)16-13(18)20-14(2,3)4/h5-8H,1-4H3,(H,16,18). The highest BCUT2D eigenvalue weighted by molar-refractivity contribution is 5.86. The van der Waals surface area contributed by atoms with E-state index in [0.29, 0.717) is 11.6 Å². The molecule has 0 radical (unpaired) electrons. The zero-order valence-corrected chi connectivity index (χ0v) is 11.9. The number of aromatic nitrogens is 2. The third-order valence-corrected chi connectivity index (χ3v) is 2.47. The van der Waals surface area contributed by atoms with Crippen molar-refractivity contribution in [2.24, 2.45) is 0 Å². The largest absolute Gasteiger partial charge is 0.444 e. The molecule has 1 aromatic carbocycles. The molecule has 106 valence electrons. The summed E-state index contributed by atoms with van der Waals surface area (Å²) in [6.45, 7) is 7.33. The normalized spacial score (nSPS) is 11.2. The van der Waals surface area contributed by atoms with E-state index in [2.05, 4.69) is 15.5 Å². The highest BCUT2D eigenvalue weighted by Gasteiger charge is 2.17. The molecule has 0 aliphatic carbocycles. The van der Waals surface area contributed by atoms with E-state index >= 15 is 0 Å². The zero-order chi connectivity index (χ0) is 14.8. The number of carbonyl (C=O) groups is 1. The fourth-order valence-electron chi connectivity index (χ4n) is 1.65. The number of ether oxygens (including phenoxy) is 1. The lowest BCUT2D eigenvalue weighted by Gasteiger charge is -2.20. The number of aryl methyl sites for hydroxylation is 1. The number of rotatable bonds is 2. The van der Waals surface area contributed by atoms with Gasteiger partial charge in [-0.15, -0.1) is 10.2 Å². The highest BCUT2D eigenvalue weighted by atomic mass is 16.6. The molecule has 1 amide bonds. The minimum atomic E-state index is -0.526. The first kappa shape index (κ1) is 14.0. The first-order valence-electron chi connectivity index (χ1n) is 6.22. The third-order valence-electron chi connectivity index (χ3n) is 2.47. The lowest BCUT2D eigenvalue weighted by Crippen LogP contribution is -2.27. The van der Waals surface area contributed by atoms with Gasteiger partial charge in [0.15, 0.2) is 0 Å². The van der Waals surface area contributed by atoms with Gasteiger partial charge in [0.25, 0.3) is 0 Å². The van der Waals surface area contributed by atoms with E-state index in [1.165, 1.54) is 6.39 Å². The van der Waals surface area contributed by atoms with E-state index in [4.69, 9.17) is 9.15 Å². The van der Waals surface area contributed by atoms with Crippen LogP contribution in [0, 0.1) is 6.92 Å². The molecule has 0 spiro atoms. The maximum atomic E-state index is 11.7. The summed E-state index contributed by atoms with van der Waals surface area (Å²) in [6.07, 6.45) is 0.795. The second-order valence-corrected chi connectivity index (χ2v) is 5.40. The van der Waals surface area contributed by atoms with E-state index in [9.17, 15) is 4.79 Å². The minimum Gasteiger partial charge on any atom is -0.444 e. The molecule has 2 rings (SSSR count). The van der Waals surface area contributed by atoms with Crippen molar-refractivity contribution in [3.05, 3.63) is 30.2 Å². The molecule has 0 fully saturated rings. The SMILES string of the molecule is Cc1cc(-c2nnco2)ccc1NC(=O)OC(C)(C)C. The molecule has 0 saturated heterocycles. The van der Waals surface area contributed by atoms with Gasteiger partial charge in [0.05, 0.1) is 0 Å². The molecule has 2 aromatic rings. The Hall–Kier alpha value is -2.37. The summed E-state index contributed by atoms with van der Waals surface area (Å²) in [5.74, 6) is 0.442. The van der Waals surface area contributed by atoms with Crippen LogP contribution in [0.15, 0.2) is 29.0 Å². The van der Waals surface area contributed by atoms with Crippen molar-refractivity contribution in [1.29, 1.82) is 0 Å². The van der Waals surface area contributed by atoms with E-state index in [0.717, 1.165) is 11.1 Å². The molecule has 1 aromatic heterocycles. The number of amides is 1. The van der Waals surface area contributed by atoms with Crippen LogP contribution in [0.4, 0.5) is 10.5 Å². The monoisotopic (exact) mass is 275 g/mol. The molecular formula is C14H17N3O3. The number of nitrogens with zero attached hydrogens (tertiary/aromatic N) is 2. The van der Waals surface area contributed by atoms with E-state index < -0.39 is 11.7 Å². The van der Waals surface area contributed by atoms with Gasteiger partial charge in [0, 0.05) is 11.3 Å². The molecule has 20 heavy (non-hydrogen) atoms. The van der Waals surface area contributed by atoms with E-state index in [1.54, 1.807) is 12.1 Å². The summed E-state index contributed by atoms with van der Waals surface area (Å²) in [4.78, 5) is 11.7. The molecular weight excluding hydrogens is 258 g/mol. The summed E-state index contributed by atoms with van der Waals surface area (Å²) >= 11 is 0. The quantitative estimate of drug-likeness (QED) is 0.908. The van der Waals surface area contributed by atoms with Gasteiger partial charge in [-0.05, 0) is 51.5 Å². The molecule has 0 atom stereocenters. The summed E-state index contributed by atoms with van der Waals surface area (Å²) < 4.78 is 10.3. The summed E-state index contributed by atoms with van der Waals surface area (Å²) in [5.41, 5.74) is 1.84.